The van der Waals surface area contributed by atoms with Gasteiger partial charge in [0, 0.05) is 37.0 Å². The Morgan fingerprint density at radius 1 is 1.23 bits per heavy atom. The number of carbonyl (C=O) groups is 1. The molecular formula is C20H21BrN4O. The molecule has 5 nitrogen and oxygen atoms in total. The summed E-state index contributed by atoms with van der Waals surface area (Å²) in [6.07, 6.45) is 5.62. The molecule has 1 aromatic heterocycles. The zero-order valence-electron chi connectivity index (χ0n) is 14.7. The summed E-state index contributed by atoms with van der Waals surface area (Å²) in [6.45, 7) is 3.97. The topological polar surface area (TPSA) is 49.3 Å². The second kappa shape index (κ2) is 8.81. The van der Waals surface area contributed by atoms with Crippen LogP contribution >= 0.6 is 15.9 Å². The molecule has 1 aliphatic rings. The highest BCUT2D eigenvalue weighted by Crippen LogP contribution is 2.19. The highest BCUT2D eigenvalue weighted by molar-refractivity contribution is 9.09. The predicted octanol–water partition coefficient (Wildman–Crippen LogP) is 2.85. The first-order chi connectivity index (χ1) is 12.7. The number of halogens is 1. The minimum absolute atomic E-state index is 0.0299. The van der Waals surface area contributed by atoms with E-state index in [1.807, 2.05) is 17.0 Å². The van der Waals surface area contributed by atoms with Crippen LogP contribution in [0.2, 0.25) is 0 Å². The molecular weight excluding hydrogens is 392 g/mol. The molecule has 0 N–H and O–H groups in total. The van der Waals surface area contributed by atoms with Gasteiger partial charge in [-0.2, -0.15) is 0 Å². The molecule has 2 aromatic rings. The third-order valence-electron chi connectivity index (χ3n) is 4.22. The van der Waals surface area contributed by atoms with Crippen LogP contribution < -0.4 is 4.90 Å². The van der Waals surface area contributed by atoms with Crippen LogP contribution in [0.15, 0.2) is 42.7 Å². The van der Waals surface area contributed by atoms with Gasteiger partial charge in [-0.3, -0.25) is 4.79 Å². The maximum atomic E-state index is 12.4. The van der Waals surface area contributed by atoms with E-state index in [-0.39, 0.29) is 10.9 Å². The van der Waals surface area contributed by atoms with E-state index in [0.717, 1.165) is 18.4 Å². The van der Waals surface area contributed by atoms with Crippen molar-refractivity contribution in [1.82, 2.24) is 14.9 Å². The molecule has 1 aromatic carbocycles. The van der Waals surface area contributed by atoms with Gasteiger partial charge in [0.25, 0.3) is 5.91 Å². The summed E-state index contributed by atoms with van der Waals surface area (Å²) in [5.74, 6) is 6.25. The van der Waals surface area contributed by atoms with Crippen LogP contribution in [0.1, 0.15) is 24.5 Å². The quantitative estimate of drug-likeness (QED) is 0.441. The molecule has 6 heteroatoms. The van der Waals surface area contributed by atoms with Crippen LogP contribution in [0, 0.1) is 11.8 Å². The summed E-state index contributed by atoms with van der Waals surface area (Å²) in [7, 11) is 0. The van der Waals surface area contributed by atoms with E-state index in [1.54, 1.807) is 23.4 Å². The van der Waals surface area contributed by atoms with Crippen LogP contribution in [0.5, 0.6) is 0 Å². The Kier molecular flexibility index (Phi) is 6.24. The zero-order chi connectivity index (χ0) is 18.4. The molecule has 0 spiro atoms. The van der Waals surface area contributed by atoms with Crippen LogP contribution in [0.25, 0.3) is 0 Å². The van der Waals surface area contributed by atoms with Gasteiger partial charge >= 0.3 is 0 Å². The summed E-state index contributed by atoms with van der Waals surface area (Å²) in [4.78, 5) is 24.7. The minimum atomic E-state index is -0.152. The summed E-state index contributed by atoms with van der Waals surface area (Å²) in [6, 6.07) is 9.89. The first-order valence-electron chi connectivity index (χ1n) is 8.75. The Balaban J connectivity index is 1.60. The van der Waals surface area contributed by atoms with Crippen LogP contribution in [0.3, 0.4) is 0 Å². The number of aryl methyl sites for hydroxylation is 1. The van der Waals surface area contributed by atoms with Gasteiger partial charge < -0.3 is 9.80 Å². The van der Waals surface area contributed by atoms with Gasteiger partial charge in [-0.25, -0.2) is 9.97 Å². The van der Waals surface area contributed by atoms with Gasteiger partial charge in [-0.05, 0) is 30.2 Å². The smallest absolute Gasteiger partial charge is 0.298 e. The van der Waals surface area contributed by atoms with E-state index in [9.17, 15) is 4.79 Å². The molecule has 3 rings (SSSR count). The standard InChI is InChI=1S/C20H21BrN4O/c1-2-4-16-5-7-17(8-6-16)9-10-19(26)24-13-14-25(18(21)15-24)20-22-11-3-12-23-20/h3,5-8,11-12,18H,2,4,13-15H2,1H3. The fourth-order valence-electron chi connectivity index (χ4n) is 2.84. The number of hydrogen-bond donors (Lipinski definition) is 0. The summed E-state index contributed by atoms with van der Waals surface area (Å²) in [5, 5.41) is 0. The molecule has 26 heavy (non-hydrogen) atoms. The number of piperazine rings is 1. The van der Waals surface area contributed by atoms with E-state index >= 15 is 0 Å². The number of amides is 1. The van der Waals surface area contributed by atoms with Crippen LogP contribution in [-0.4, -0.2) is 45.4 Å². The third-order valence-corrected chi connectivity index (χ3v) is 5.01. The second-order valence-corrected chi connectivity index (χ2v) is 7.18. The van der Waals surface area contributed by atoms with Gasteiger partial charge in [0.2, 0.25) is 5.95 Å². The first kappa shape index (κ1) is 18.4. The number of aromatic nitrogens is 2. The fourth-order valence-corrected chi connectivity index (χ4v) is 3.58. The number of alkyl halides is 1. The summed E-state index contributed by atoms with van der Waals surface area (Å²) >= 11 is 3.62. The molecule has 0 bridgehead atoms. The highest BCUT2D eigenvalue weighted by Gasteiger charge is 2.28. The van der Waals surface area contributed by atoms with Crippen LogP contribution in [0.4, 0.5) is 5.95 Å². The van der Waals surface area contributed by atoms with Crippen molar-refractivity contribution in [3.05, 3.63) is 53.9 Å². The normalized spacial score (nSPS) is 16.8. The number of benzene rings is 1. The molecule has 0 aliphatic carbocycles. The predicted molar refractivity (Wildman–Crippen MR) is 106 cm³/mol. The van der Waals surface area contributed by atoms with E-state index in [0.29, 0.717) is 25.6 Å². The molecule has 0 saturated carbocycles. The first-order valence-corrected chi connectivity index (χ1v) is 9.66. The summed E-state index contributed by atoms with van der Waals surface area (Å²) in [5.41, 5.74) is 2.16. The van der Waals surface area contributed by atoms with E-state index < -0.39 is 0 Å². The molecule has 1 amide bonds. The third kappa shape index (κ3) is 4.61. The second-order valence-electron chi connectivity index (χ2n) is 6.12. The lowest BCUT2D eigenvalue weighted by Crippen LogP contribution is -2.52. The van der Waals surface area contributed by atoms with Gasteiger partial charge in [-0.15, -0.1) is 0 Å². The average Bonchev–Trinajstić information content (AvgIpc) is 2.68. The maximum Gasteiger partial charge on any atom is 0.298 e. The molecule has 1 atom stereocenters. The lowest BCUT2D eigenvalue weighted by molar-refractivity contribution is -0.125. The van der Waals surface area contributed by atoms with Gasteiger partial charge in [0.1, 0.15) is 4.95 Å². The highest BCUT2D eigenvalue weighted by atomic mass is 79.9. The monoisotopic (exact) mass is 412 g/mol. The molecule has 1 saturated heterocycles. The minimum Gasteiger partial charge on any atom is -0.327 e. The molecule has 2 heterocycles. The van der Waals surface area contributed by atoms with Crippen molar-refractivity contribution >= 4 is 27.8 Å². The number of rotatable bonds is 3. The Hall–Kier alpha value is -2.39. The lowest BCUT2D eigenvalue weighted by atomic mass is 10.1. The molecule has 1 aliphatic heterocycles. The van der Waals surface area contributed by atoms with Crippen molar-refractivity contribution in [2.24, 2.45) is 0 Å². The Bertz CT molecular complexity index is 798. The van der Waals surface area contributed by atoms with E-state index in [4.69, 9.17) is 0 Å². The summed E-state index contributed by atoms with van der Waals surface area (Å²) < 4.78 is 0. The fraction of sp³-hybridized carbons (Fsp3) is 0.350. The van der Waals surface area contributed by atoms with Crippen molar-refractivity contribution in [2.45, 2.75) is 24.7 Å². The van der Waals surface area contributed by atoms with Crippen molar-refractivity contribution in [2.75, 3.05) is 24.5 Å². The number of carbonyl (C=O) groups excluding carboxylic acids is 1. The Morgan fingerprint density at radius 3 is 2.62 bits per heavy atom. The van der Waals surface area contributed by atoms with Crippen molar-refractivity contribution < 1.29 is 4.79 Å². The van der Waals surface area contributed by atoms with Crippen molar-refractivity contribution in [3.63, 3.8) is 0 Å². The van der Waals surface area contributed by atoms with Gasteiger partial charge in [0.15, 0.2) is 0 Å². The van der Waals surface area contributed by atoms with E-state index in [1.165, 1.54) is 5.56 Å². The number of nitrogens with zero attached hydrogens (tertiary/aromatic N) is 4. The number of hydrogen-bond acceptors (Lipinski definition) is 4. The van der Waals surface area contributed by atoms with Crippen molar-refractivity contribution in [1.29, 1.82) is 0 Å². The van der Waals surface area contributed by atoms with Gasteiger partial charge in [-0.1, -0.05) is 47.3 Å². The van der Waals surface area contributed by atoms with E-state index in [2.05, 4.69) is 56.8 Å². The van der Waals surface area contributed by atoms with Gasteiger partial charge in [0.05, 0.1) is 6.54 Å². The number of anilines is 1. The molecule has 134 valence electrons. The Morgan fingerprint density at radius 2 is 1.96 bits per heavy atom. The molecule has 1 fully saturated rings. The molecule has 0 radical (unpaired) electrons. The molecule has 1 unspecified atom stereocenters. The SMILES string of the molecule is CCCc1ccc(C#CC(=O)N2CCN(c3ncccn3)C(Br)C2)cc1. The van der Waals surface area contributed by atoms with Crippen molar-refractivity contribution in [3.8, 4) is 11.8 Å². The average molecular weight is 413 g/mol. The maximum absolute atomic E-state index is 12.4. The van der Waals surface area contributed by atoms with Crippen LogP contribution in [-0.2, 0) is 11.2 Å². The Labute approximate surface area is 162 Å². The largest absolute Gasteiger partial charge is 0.327 e. The zero-order valence-corrected chi connectivity index (χ0v) is 16.3. The lowest BCUT2D eigenvalue weighted by Gasteiger charge is -2.37.